The first kappa shape index (κ1) is 26.5. The van der Waals surface area contributed by atoms with Gasteiger partial charge in [0, 0.05) is 48.2 Å². The van der Waals surface area contributed by atoms with Gasteiger partial charge in [-0.3, -0.25) is 4.79 Å². The van der Waals surface area contributed by atoms with E-state index in [-0.39, 0.29) is 17.1 Å². The van der Waals surface area contributed by atoms with Crippen LogP contribution in [0.3, 0.4) is 0 Å². The summed E-state index contributed by atoms with van der Waals surface area (Å²) in [7, 11) is 0. The first-order chi connectivity index (χ1) is 16.0. The van der Waals surface area contributed by atoms with Crippen LogP contribution in [0.25, 0.3) is 0 Å². The molecule has 2 N–H and O–H groups in total. The molecule has 3 rings (SSSR count). The fourth-order valence-corrected chi connectivity index (χ4v) is 3.90. The topological polar surface area (TPSA) is 61.9 Å². The van der Waals surface area contributed by atoms with Crippen LogP contribution in [0.4, 0.5) is 11.4 Å². The third-order valence-electron chi connectivity index (χ3n) is 5.67. The van der Waals surface area contributed by atoms with Gasteiger partial charge in [-0.1, -0.05) is 64.8 Å². The van der Waals surface area contributed by atoms with Gasteiger partial charge in [0.05, 0.1) is 11.3 Å². The van der Waals surface area contributed by atoms with E-state index in [9.17, 15) is 4.79 Å². The Bertz CT molecular complexity index is 1180. The fraction of sp³-hybridized carbons (Fsp3) is 0.310. The Morgan fingerprint density at radius 1 is 1.29 bits per heavy atom. The van der Waals surface area contributed by atoms with Crippen LogP contribution in [-0.2, 0) is 10.2 Å². The molecule has 0 aromatic heterocycles. The number of aliphatic imine (C=N–C) groups is 1. The Morgan fingerprint density at radius 3 is 2.56 bits per heavy atom. The highest BCUT2D eigenvalue weighted by Crippen LogP contribution is 2.43. The average Bonchev–Trinajstić information content (AvgIpc) is 3.07. The molecule has 0 saturated heterocycles. The molecule has 0 radical (unpaired) electrons. The minimum atomic E-state index is -0.0827. The molecule has 34 heavy (non-hydrogen) atoms. The van der Waals surface area contributed by atoms with E-state index < -0.39 is 0 Å². The third-order valence-corrected chi connectivity index (χ3v) is 5.67. The van der Waals surface area contributed by atoms with Crippen molar-refractivity contribution in [1.29, 1.82) is 0 Å². The largest absolute Gasteiger partial charge is 0.384 e. The monoisotopic (exact) mass is 456 g/mol. The number of anilines is 2. The van der Waals surface area contributed by atoms with Crippen LogP contribution < -0.4 is 15.5 Å². The molecule has 0 saturated carbocycles. The summed E-state index contributed by atoms with van der Waals surface area (Å²) < 4.78 is 0. The smallest absolute Gasteiger partial charge is 0.223 e. The molecule has 1 aromatic rings. The molecular weight excluding hydrogens is 420 g/mol. The van der Waals surface area contributed by atoms with Gasteiger partial charge in [-0.15, -0.1) is 0 Å². The summed E-state index contributed by atoms with van der Waals surface area (Å²) in [4.78, 5) is 20.1. The van der Waals surface area contributed by atoms with Crippen molar-refractivity contribution in [3.05, 3.63) is 83.5 Å². The van der Waals surface area contributed by atoms with Crippen molar-refractivity contribution in [2.24, 2.45) is 10.7 Å². The number of amides is 1. The van der Waals surface area contributed by atoms with Gasteiger partial charge in [0.1, 0.15) is 5.82 Å². The van der Waals surface area contributed by atoms with Crippen molar-refractivity contribution in [3.8, 4) is 11.8 Å². The molecule has 1 amide bonds. The SMILES string of the molecule is C=C(N)/N=C\C(C#CC1=C(C)C=CN(c2ccc3c(c2)N(C(C)=O)CC3(C)C)C1=C)=C/C.CC. The van der Waals surface area contributed by atoms with Crippen molar-refractivity contribution in [3.63, 3.8) is 0 Å². The second-order valence-corrected chi connectivity index (χ2v) is 8.62. The molecule has 0 fully saturated rings. The van der Waals surface area contributed by atoms with E-state index in [1.54, 1.807) is 13.1 Å². The molecule has 0 atom stereocenters. The number of benzene rings is 1. The zero-order valence-electron chi connectivity index (χ0n) is 21.5. The first-order valence-corrected chi connectivity index (χ1v) is 11.5. The molecule has 2 aliphatic heterocycles. The van der Waals surface area contributed by atoms with Gasteiger partial charge in [0.15, 0.2) is 0 Å². The normalized spacial score (nSPS) is 16.7. The summed E-state index contributed by atoms with van der Waals surface area (Å²) >= 11 is 0. The Hall–Kier alpha value is -3.78. The van der Waals surface area contributed by atoms with Gasteiger partial charge in [-0.05, 0) is 43.2 Å². The number of fused-ring (bicyclic) bond motifs is 1. The van der Waals surface area contributed by atoms with Crippen LogP contribution in [0.15, 0.2) is 82.9 Å². The van der Waals surface area contributed by atoms with E-state index in [2.05, 4.69) is 62.0 Å². The van der Waals surface area contributed by atoms with E-state index in [0.29, 0.717) is 6.54 Å². The Labute approximate surface area is 204 Å². The fourth-order valence-electron chi connectivity index (χ4n) is 3.90. The second kappa shape index (κ2) is 10.9. The lowest BCUT2D eigenvalue weighted by Gasteiger charge is -2.28. The van der Waals surface area contributed by atoms with Gasteiger partial charge >= 0.3 is 0 Å². The molecule has 1 aromatic carbocycles. The van der Waals surface area contributed by atoms with Crippen LogP contribution in [0.2, 0.25) is 0 Å². The van der Waals surface area contributed by atoms with Crippen LogP contribution in [0, 0.1) is 11.8 Å². The maximum absolute atomic E-state index is 12.2. The van der Waals surface area contributed by atoms with E-state index in [1.165, 1.54) is 5.56 Å². The molecule has 178 valence electrons. The van der Waals surface area contributed by atoms with Crippen LogP contribution >= 0.6 is 0 Å². The number of hydrogen-bond acceptors (Lipinski definition) is 4. The van der Waals surface area contributed by atoms with E-state index >= 15 is 0 Å². The molecule has 2 aliphatic rings. The minimum absolute atomic E-state index is 0.0463. The maximum Gasteiger partial charge on any atom is 0.223 e. The summed E-state index contributed by atoms with van der Waals surface area (Å²) in [6.45, 7) is 22.4. The summed E-state index contributed by atoms with van der Waals surface area (Å²) in [6.07, 6.45) is 7.47. The minimum Gasteiger partial charge on any atom is -0.384 e. The highest BCUT2D eigenvalue weighted by molar-refractivity contribution is 5.95. The van der Waals surface area contributed by atoms with E-state index in [4.69, 9.17) is 5.73 Å². The number of nitrogens with zero attached hydrogens (tertiary/aromatic N) is 3. The number of rotatable bonds is 3. The van der Waals surface area contributed by atoms with Crippen molar-refractivity contribution in [2.45, 2.75) is 53.9 Å². The van der Waals surface area contributed by atoms with Crippen LogP contribution in [-0.4, -0.2) is 18.7 Å². The number of nitrogens with two attached hydrogens (primary N) is 1. The number of carbonyl (C=O) groups excluding carboxylic acids is 1. The molecule has 0 bridgehead atoms. The molecule has 5 heteroatoms. The van der Waals surface area contributed by atoms with Crippen LogP contribution in [0.5, 0.6) is 0 Å². The van der Waals surface area contributed by atoms with Gasteiger partial charge < -0.3 is 15.5 Å². The van der Waals surface area contributed by atoms with Gasteiger partial charge in [-0.2, -0.15) is 0 Å². The summed E-state index contributed by atoms with van der Waals surface area (Å²) in [6, 6.07) is 6.24. The zero-order valence-corrected chi connectivity index (χ0v) is 21.5. The molecule has 2 heterocycles. The zero-order chi connectivity index (χ0) is 25.6. The molecule has 0 spiro atoms. The lowest BCUT2D eigenvalue weighted by molar-refractivity contribution is -0.116. The lowest BCUT2D eigenvalue weighted by Crippen LogP contribution is -2.32. The second-order valence-electron chi connectivity index (χ2n) is 8.62. The molecule has 0 unspecified atom stereocenters. The van der Waals surface area contributed by atoms with Gasteiger partial charge in [0.25, 0.3) is 0 Å². The lowest BCUT2D eigenvalue weighted by atomic mass is 9.87. The third kappa shape index (κ3) is 5.58. The Morgan fingerprint density at radius 2 is 1.97 bits per heavy atom. The van der Waals surface area contributed by atoms with Gasteiger partial charge in [-0.25, -0.2) is 4.99 Å². The van der Waals surface area contributed by atoms with E-state index in [0.717, 1.165) is 33.8 Å². The molecule has 5 nitrogen and oxygen atoms in total. The van der Waals surface area contributed by atoms with Crippen molar-refractivity contribution in [1.82, 2.24) is 0 Å². The van der Waals surface area contributed by atoms with Crippen molar-refractivity contribution >= 4 is 23.5 Å². The Kier molecular flexibility index (Phi) is 8.48. The summed E-state index contributed by atoms with van der Waals surface area (Å²) in [5, 5.41) is 0. The van der Waals surface area contributed by atoms with Gasteiger partial charge in [0.2, 0.25) is 5.91 Å². The molecular formula is C29H36N4O. The van der Waals surface area contributed by atoms with E-state index in [1.807, 2.05) is 55.8 Å². The standard InChI is InChI=1S/C27H30N4O.C2H6/c1-8-22(16-29-20(4)28)9-11-24-18(2)13-14-30(19(24)3)23-10-12-25-26(15-23)31(21(5)32)17-27(25,6)7;1-2/h8,10,12-16H,3-4,17,28H2,1-2,5-7H3;1-2H3/b22-8-,29-16-;. The molecule has 0 aliphatic carbocycles. The predicted molar refractivity (Wildman–Crippen MR) is 146 cm³/mol. The average molecular weight is 457 g/mol. The highest BCUT2D eigenvalue weighted by Gasteiger charge is 2.37. The van der Waals surface area contributed by atoms with Crippen molar-refractivity contribution < 1.29 is 4.79 Å². The summed E-state index contributed by atoms with van der Waals surface area (Å²) in [5.41, 5.74) is 11.9. The first-order valence-electron chi connectivity index (χ1n) is 11.5. The maximum atomic E-state index is 12.2. The predicted octanol–water partition coefficient (Wildman–Crippen LogP) is 5.97. The highest BCUT2D eigenvalue weighted by atomic mass is 16.2. The Balaban J connectivity index is 0.00000199. The van der Waals surface area contributed by atoms with Crippen LogP contribution in [0.1, 0.15) is 54.0 Å². The quantitative estimate of drug-likeness (QED) is 0.450. The number of hydrogen-bond donors (Lipinski definition) is 1. The number of allylic oxidation sites excluding steroid dienone is 5. The summed E-state index contributed by atoms with van der Waals surface area (Å²) in [5.74, 6) is 6.65. The van der Waals surface area contributed by atoms with Crippen molar-refractivity contribution in [2.75, 3.05) is 16.3 Å². The number of carbonyl (C=O) groups is 1.